The number of carboxylic acid groups (broad SMARTS) is 1. The van der Waals surface area contributed by atoms with Crippen LogP contribution in [-0.4, -0.2) is 46.9 Å². The smallest absolute Gasteiger partial charge is 0.307 e. The molecule has 126 valence electrons. The summed E-state index contributed by atoms with van der Waals surface area (Å²) in [5, 5.41) is 16.3. The van der Waals surface area contributed by atoms with Crippen molar-refractivity contribution in [3.63, 3.8) is 0 Å². The highest BCUT2D eigenvalue weighted by atomic mass is 16.4. The SMILES string of the molecule is O=C(O)[C@H]1CNC[C@@H](CN/N=C/c2cnc(-c3ccco3)nc2)C1. The second-order valence-corrected chi connectivity index (χ2v) is 5.73. The van der Waals surface area contributed by atoms with Gasteiger partial charge in [0.15, 0.2) is 11.6 Å². The number of nitrogens with zero attached hydrogens (tertiary/aromatic N) is 3. The maximum atomic E-state index is 11.0. The Labute approximate surface area is 139 Å². The van der Waals surface area contributed by atoms with Crippen molar-refractivity contribution >= 4 is 12.2 Å². The van der Waals surface area contributed by atoms with Crippen LogP contribution in [0.5, 0.6) is 0 Å². The van der Waals surface area contributed by atoms with E-state index in [1.54, 1.807) is 37.0 Å². The van der Waals surface area contributed by atoms with Crippen molar-refractivity contribution in [1.29, 1.82) is 0 Å². The van der Waals surface area contributed by atoms with Gasteiger partial charge in [-0.05, 0) is 31.0 Å². The summed E-state index contributed by atoms with van der Waals surface area (Å²) in [6.45, 7) is 1.96. The van der Waals surface area contributed by atoms with Crippen LogP contribution in [0.25, 0.3) is 11.6 Å². The molecule has 1 aliphatic heterocycles. The Bertz CT molecular complexity index is 684. The molecule has 1 fully saturated rings. The van der Waals surface area contributed by atoms with Gasteiger partial charge in [-0.1, -0.05) is 0 Å². The molecule has 2 aromatic heterocycles. The summed E-state index contributed by atoms with van der Waals surface area (Å²) in [5.41, 5.74) is 3.73. The summed E-state index contributed by atoms with van der Waals surface area (Å²) < 4.78 is 5.23. The average Bonchev–Trinajstić information content (AvgIpc) is 3.14. The first-order valence-electron chi connectivity index (χ1n) is 7.77. The van der Waals surface area contributed by atoms with E-state index < -0.39 is 5.97 Å². The van der Waals surface area contributed by atoms with Crippen LogP contribution in [0.3, 0.4) is 0 Å². The summed E-state index contributed by atoms with van der Waals surface area (Å²) in [7, 11) is 0. The number of hydrazone groups is 1. The highest BCUT2D eigenvalue weighted by Crippen LogP contribution is 2.16. The van der Waals surface area contributed by atoms with Crippen LogP contribution in [0.1, 0.15) is 12.0 Å². The third kappa shape index (κ3) is 4.17. The minimum atomic E-state index is -0.746. The summed E-state index contributed by atoms with van der Waals surface area (Å²) in [5.74, 6) is 0.323. The summed E-state index contributed by atoms with van der Waals surface area (Å²) in [6.07, 6.45) is 7.20. The molecule has 0 bridgehead atoms. The highest BCUT2D eigenvalue weighted by molar-refractivity contribution is 5.78. The lowest BCUT2D eigenvalue weighted by Gasteiger charge is -2.27. The Balaban J connectivity index is 1.47. The summed E-state index contributed by atoms with van der Waals surface area (Å²) >= 11 is 0. The second kappa shape index (κ2) is 7.69. The Hall–Kier alpha value is -2.74. The lowest BCUT2D eigenvalue weighted by atomic mass is 9.91. The van der Waals surface area contributed by atoms with Crippen molar-refractivity contribution in [2.75, 3.05) is 19.6 Å². The van der Waals surface area contributed by atoms with Gasteiger partial charge in [0.25, 0.3) is 0 Å². The zero-order chi connectivity index (χ0) is 16.8. The molecule has 24 heavy (non-hydrogen) atoms. The molecule has 1 aliphatic rings. The molecule has 3 heterocycles. The summed E-state index contributed by atoms with van der Waals surface area (Å²) in [6, 6.07) is 3.58. The van der Waals surface area contributed by atoms with Crippen LogP contribution in [0.2, 0.25) is 0 Å². The zero-order valence-electron chi connectivity index (χ0n) is 13.1. The van der Waals surface area contributed by atoms with Crippen LogP contribution < -0.4 is 10.7 Å². The highest BCUT2D eigenvalue weighted by Gasteiger charge is 2.26. The topological polar surface area (TPSA) is 113 Å². The number of carboxylic acids is 1. The number of aromatic nitrogens is 2. The van der Waals surface area contributed by atoms with Crippen molar-refractivity contribution in [3.8, 4) is 11.6 Å². The molecular formula is C16H19N5O3. The molecule has 2 atom stereocenters. The van der Waals surface area contributed by atoms with E-state index in [1.807, 2.05) is 0 Å². The van der Waals surface area contributed by atoms with Gasteiger partial charge in [0.1, 0.15) is 0 Å². The molecule has 8 heteroatoms. The van der Waals surface area contributed by atoms with E-state index in [1.165, 1.54) is 0 Å². The molecule has 1 saturated heterocycles. The maximum Gasteiger partial charge on any atom is 0.307 e. The number of aliphatic carboxylic acids is 1. The monoisotopic (exact) mass is 329 g/mol. The third-order valence-electron chi connectivity index (χ3n) is 3.89. The molecule has 0 radical (unpaired) electrons. The van der Waals surface area contributed by atoms with Crippen molar-refractivity contribution in [2.45, 2.75) is 6.42 Å². The molecule has 2 aromatic rings. The van der Waals surface area contributed by atoms with Gasteiger partial charge in [0.05, 0.1) is 18.4 Å². The Kier molecular flexibility index (Phi) is 5.17. The molecule has 3 N–H and O–H groups in total. The van der Waals surface area contributed by atoms with E-state index in [0.717, 1.165) is 12.1 Å². The minimum Gasteiger partial charge on any atom is -0.481 e. The van der Waals surface area contributed by atoms with Gasteiger partial charge in [-0.2, -0.15) is 5.10 Å². The van der Waals surface area contributed by atoms with Crippen molar-refractivity contribution < 1.29 is 14.3 Å². The Morgan fingerprint density at radius 1 is 1.46 bits per heavy atom. The number of rotatable bonds is 6. The molecule has 0 aliphatic carbocycles. The van der Waals surface area contributed by atoms with E-state index in [4.69, 9.17) is 9.52 Å². The Morgan fingerprint density at radius 2 is 2.29 bits per heavy atom. The number of hydrogen-bond acceptors (Lipinski definition) is 7. The molecule has 3 rings (SSSR count). The van der Waals surface area contributed by atoms with Gasteiger partial charge in [-0.3, -0.25) is 4.79 Å². The maximum absolute atomic E-state index is 11.0. The normalized spacial score (nSPS) is 21.0. The fraction of sp³-hybridized carbons (Fsp3) is 0.375. The number of nitrogens with one attached hydrogen (secondary N) is 2. The quantitative estimate of drug-likeness (QED) is 0.534. The van der Waals surface area contributed by atoms with Gasteiger partial charge in [0.2, 0.25) is 0 Å². The van der Waals surface area contributed by atoms with Gasteiger partial charge in [-0.15, -0.1) is 0 Å². The van der Waals surface area contributed by atoms with Crippen molar-refractivity contribution in [3.05, 3.63) is 36.4 Å². The fourth-order valence-corrected chi connectivity index (χ4v) is 2.61. The lowest BCUT2D eigenvalue weighted by Crippen LogP contribution is -2.42. The van der Waals surface area contributed by atoms with E-state index in [9.17, 15) is 4.79 Å². The van der Waals surface area contributed by atoms with Gasteiger partial charge >= 0.3 is 5.97 Å². The second-order valence-electron chi connectivity index (χ2n) is 5.73. The molecule has 0 aromatic carbocycles. The molecule has 0 unspecified atom stereocenters. The number of carbonyl (C=O) groups is 1. The number of furan rings is 1. The van der Waals surface area contributed by atoms with Gasteiger partial charge < -0.3 is 20.3 Å². The minimum absolute atomic E-state index is 0.245. The van der Waals surface area contributed by atoms with Crippen LogP contribution in [0.15, 0.2) is 40.3 Å². The number of piperidine rings is 1. The largest absolute Gasteiger partial charge is 0.481 e. The molecule has 0 saturated carbocycles. The van der Waals surface area contributed by atoms with Crippen LogP contribution in [0, 0.1) is 11.8 Å². The van der Waals surface area contributed by atoms with Crippen molar-refractivity contribution in [2.24, 2.45) is 16.9 Å². The van der Waals surface area contributed by atoms with E-state index >= 15 is 0 Å². The molecule has 0 amide bonds. The standard InChI is InChI=1S/C16H19N5O3/c22-16(23)13-4-11(5-17-10-13)8-20-21-9-12-6-18-15(19-7-12)14-2-1-3-24-14/h1-3,6-7,9,11,13,17,20H,4-5,8,10H2,(H,22,23)/b21-9+/t11-,13+/m0/s1. The summed E-state index contributed by atoms with van der Waals surface area (Å²) in [4.78, 5) is 19.5. The van der Waals surface area contributed by atoms with E-state index in [-0.39, 0.29) is 11.8 Å². The third-order valence-corrected chi connectivity index (χ3v) is 3.89. The van der Waals surface area contributed by atoms with E-state index in [0.29, 0.717) is 31.1 Å². The van der Waals surface area contributed by atoms with Gasteiger partial charge in [0, 0.05) is 31.0 Å². The first-order valence-corrected chi connectivity index (χ1v) is 7.77. The molecule has 8 nitrogen and oxygen atoms in total. The van der Waals surface area contributed by atoms with Crippen LogP contribution in [0.4, 0.5) is 0 Å². The van der Waals surface area contributed by atoms with Crippen LogP contribution in [-0.2, 0) is 4.79 Å². The predicted molar refractivity (Wildman–Crippen MR) is 87.4 cm³/mol. The lowest BCUT2D eigenvalue weighted by molar-refractivity contribution is -0.142. The zero-order valence-corrected chi connectivity index (χ0v) is 13.1. The molecule has 0 spiro atoms. The fourth-order valence-electron chi connectivity index (χ4n) is 2.61. The van der Waals surface area contributed by atoms with Gasteiger partial charge in [-0.25, -0.2) is 9.97 Å². The first-order chi connectivity index (χ1) is 11.7. The van der Waals surface area contributed by atoms with E-state index in [2.05, 4.69) is 25.8 Å². The van der Waals surface area contributed by atoms with Crippen LogP contribution >= 0.6 is 0 Å². The Morgan fingerprint density at radius 3 is 3.00 bits per heavy atom. The first kappa shape index (κ1) is 16.1. The number of hydrogen-bond donors (Lipinski definition) is 3. The predicted octanol–water partition coefficient (Wildman–Crippen LogP) is 0.970. The van der Waals surface area contributed by atoms with Crippen molar-refractivity contribution in [1.82, 2.24) is 20.7 Å². The average molecular weight is 329 g/mol. The molecular weight excluding hydrogens is 310 g/mol.